The fourth-order valence-corrected chi connectivity index (χ4v) is 1.09. The van der Waals surface area contributed by atoms with Crippen LogP contribution in [0.5, 0.6) is 0 Å². The van der Waals surface area contributed by atoms with Crippen molar-refractivity contribution in [3.63, 3.8) is 0 Å². The molecule has 0 saturated heterocycles. The molecule has 0 atom stereocenters. The minimum absolute atomic E-state index is 0.134. The van der Waals surface area contributed by atoms with E-state index in [1.54, 1.807) is 0 Å². The third kappa shape index (κ3) is 3.14. The molecule has 0 unspecified atom stereocenters. The van der Waals surface area contributed by atoms with Crippen molar-refractivity contribution in [3.05, 3.63) is 24.3 Å². The highest BCUT2D eigenvalue weighted by Crippen LogP contribution is 2.17. The van der Waals surface area contributed by atoms with Crippen LogP contribution in [0.4, 0.5) is 0 Å². The van der Waals surface area contributed by atoms with Crippen molar-refractivity contribution in [2.75, 3.05) is 6.61 Å². The van der Waals surface area contributed by atoms with Gasteiger partial charge in [-0.25, -0.2) is 0 Å². The summed E-state index contributed by atoms with van der Waals surface area (Å²) < 4.78 is 4.69. The van der Waals surface area contributed by atoms with Crippen LogP contribution in [0.2, 0.25) is 0 Å². The molecule has 0 spiro atoms. The van der Waals surface area contributed by atoms with Gasteiger partial charge in [-0.15, -0.1) is 0 Å². The molecule has 0 amide bonds. The van der Waals surface area contributed by atoms with Crippen molar-refractivity contribution in [1.29, 1.82) is 0 Å². The van der Waals surface area contributed by atoms with Gasteiger partial charge in [-0.2, -0.15) is 0 Å². The highest BCUT2D eigenvalue weighted by molar-refractivity contribution is 6.00. The van der Waals surface area contributed by atoms with E-state index < -0.39 is 5.60 Å². The average Bonchev–Trinajstić information content (AvgIpc) is 2.10. The van der Waals surface area contributed by atoms with Gasteiger partial charge in [0.2, 0.25) is 0 Å². The first-order valence-electron chi connectivity index (χ1n) is 4.30. The first kappa shape index (κ1) is 10.7. The predicted octanol–water partition coefficient (Wildman–Crippen LogP) is 0.366. The summed E-state index contributed by atoms with van der Waals surface area (Å²) in [7, 11) is 0. The Kier molecular flexibility index (Phi) is 3.19. The van der Waals surface area contributed by atoms with Gasteiger partial charge in [0.1, 0.15) is 5.60 Å². The number of esters is 1. The highest BCUT2D eigenvalue weighted by atomic mass is 16.5. The fraction of sp³-hybridized carbons (Fsp3) is 0.400. The van der Waals surface area contributed by atoms with Gasteiger partial charge >= 0.3 is 5.97 Å². The Morgan fingerprint density at radius 2 is 2.07 bits per heavy atom. The van der Waals surface area contributed by atoms with Crippen LogP contribution in [0.15, 0.2) is 24.3 Å². The minimum Gasteiger partial charge on any atom is -0.466 e. The first-order chi connectivity index (χ1) is 6.52. The molecule has 1 aliphatic carbocycles. The summed E-state index contributed by atoms with van der Waals surface area (Å²) in [5, 5.41) is 9.78. The third-order valence-electron chi connectivity index (χ3n) is 1.88. The van der Waals surface area contributed by atoms with Crippen molar-refractivity contribution < 1.29 is 19.4 Å². The van der Waals surface area contributed by atoms with Crippen molar-refractivity contribution >= 4 is 11.8 Å². The Labute approximate surface area is 81.9 Å². The largest absolute Gasteiger partial charge is 0.466 e. The lowest BCUT2D eigenvalue weighted by Crippen LogP contribution is -2.27. The third-order valence-corrected chi connectivity index (χ3v) is 1.88. The number of carbonyl (C=O) groups is 2. The minimum atomic E-state index is -1.16. The maximum absolute atomic E-state index is 10.8. The normalized spacial score (nSPS) is 18.3. The summed E-state index contributed by atoms with van der Waals surface area (Å²) in [5.41, 5.74) is -1.16. The Bertz CT molecular complexity index is 285. The van der Waals surface area contributed by atoms with E-state index in [0.29, 0.717) is 0 Å². The molecule has 0 aromatic rings. The summed E-state index contributed by atoms with van der Waals surface area (Å²) in [6, 6.07) is 0. The van der Waals surface area contributed by atoms with Gasteiger partial charge in [0.15, 0.2) is 5.78 Å². The van der Waals surface area contributed by atoms with E-state index in [1.807, 2.05) is 0 Å². The molecule has 4 heteroatoms. The molecule has 1 rings (SSSR count). The molecule has 1 aliphatic rings. The molecular formula is C10H12O4. The second-order valence-electron chi connectivity index (χ2n) is 3.15. The van der Waals surface area contributed by atoms with Crippen LogP contribution >= 0.6 is 0 Å². The summed E-state index contributed by atoms with van der Waals surface area (Å²) in [6.45, 7) is 1.44. The molecule has 0 radical (unpaired) electrons. The van der Waals surface area contributed by atoms with Crippen molar-refractivity contribution in [2.45, 2.75) is 18.9 Å². The van der Waals surface area contributed by atoms with Crippen LogP contribution < -0.4 is 0 Å². The molecule has 0 saturated carbocycles. The number of hydrogen-bond donors (Lipinski definition) is 1. The number of allylic oxidation sites excluding steroid dienone is 2. The number of ether oxygens (including phenoxy) is 1. The zero-order valence-corrected chi connectivity index (χ0v) is 7.90. The van der Waals surface area contributed by atoms with E-state index in [4.69, 9.17) is 0 Å². The summed E-state index contributed by atoms with van der Waals surface area (Å²) in [5.74, 6) is -0.532. The van der Waals surface area contributed by atoms with Gasteiger partial charge in [0, 0.05) is 13.3 Å². The zero-order chi connectivity index (χ0) is 10.6. The molecule has 4 nitrogen and oxygen atoms in total. The van der Waals surface area contributed by atoms with E-state index in [9.17, 15) is 14.7 Å². The lowest BCUT2D eigenvalue weighted by atomic mass is 9.94. The Morgan fingerprint density at radius 1 is 1.50 bits per heavy atom. The molecule has 14 heavy (non-hydrogen) atoms. The fourth-order valence-electron chi connectivity index (χ4n) is 1.09. The van der Waals surface area contributed by atoms with Gasteiger partial charge in [-0.3, -0.25) is 9.59 Å². The molecule has 0 heterocycles. The predicted molar refractivity (Wildman–Crippen MR) is 49.5 cm³/mol. The summed E-state index contributed by atoms with van der Waals surface area (Å²) in [6.07, 6.45) is 5.66. The van der Waals surface area contributed by atoms with Crippen LogP contribution in [-0.2, 0) is 14.3 Å². The SMILES string of the molecule is CC(=O)OCCC1(O)C=CC(=O)C=C1. The molecule has 0 aromatic heterocycles. The lowest BCUT2D eigenvalue weighted by molar-refractivity contribution is -0.141. The van der Waals surface area contributed by atoms with E-state index in [2.05, 4.69) is 4.74 Å². The Balaban J connectivity index is 2.44. The van der Waals surface area contributed by atoms with Crippen molar-refractivity contribution in [3.8, 4) is 0 Å². The average molecular weight is 196 g/mol. The number of rotatable bonds is 3. The van der Waals surface area contributed by atoms with E-state index >= 15 is 0 Å². The maximum Gasteiger partial charge on any atom is 0.302 e. The Hall–Kier alpha value is -1.42. The Morgan fingerprint density at radius 3 is 2.57 bits per heavy atom. The van der Waals surface area contributed by atoms with E-state index in [0.717, 1.165) is 0 Å². The van der Waals surface area contributed by atoms with Crippen LogP contribution in [0.25, 0.3) is 0 Å². The van der Waals surface area contributed by atoms with Gasteiger partial charge in [0.05, 0.1) is 6.61 Å². The standard InChI is InChI=1S/C10H12O4/c1-8(11)14-7-6-10(13)4-2-9(12)3-5-10/h2-5,13H,6-7H2,1H3. The maximum atomic E-state index is 10.8. The van der Waals surface area contributed by atoms with Gasteiger partial charge in [0.25, 0.3) is 0 Å². The second-order valence-corrected chi connectivity index (χ2v) is 3.15. The molecule has 0 bridgehead atoms. The highest BCUT2D eigenvalue weighted by Gasteiger charge is 2.23. The van der Waals surface area contributed by atoms with Crippen LogP contribution in [0, 0.1) is 0 Å². The monoisotopic (exact) mass is 196 g/mol. The number of aliphatic hydroxyl groups is 1. The summed E-state index contributed by atoms with van der Waals surface area (Å²) >= 11 is 0. The molecule has 0 aliphatic heterocycles. The van der Waals surface area contributed by atoms with Crippen LogP contribution in [0.3, 0.4) is 0 Å². The molecule has 1 N–H and O–H groups in total. The lowest BCUT2D eigenvalue weighted by Gasteiger charge is -2.21. The second kappa shape index (κ2) is 4.19. The van der Waals surface area contributed by atoms with Crippen LogP contribution in [0.1, 0.15) is 13.3 Å². The molecular weight excluding hydrogens is 184 g/mol. The van der Waals surface area contributed by atoms with Crippen LogP contribution in [-0.4, -0.2) is 29.1 Å². The number of carbonyl (C=O) groups excluding carboxylic acids is 2. The van der Waals surface area contributed by atoms with Gasteiger partial charge in [-0.1, -0.05) is 0 Å². The van der Waals surface area contributed by atoms with E-state index in [-0.39, 0.29) is 24.8 Å². The summed E-state index contributed by atoms with van der Waals surface area (Å²) in [4.78, 5) is 21.2. The first-order valence-corrected chi connectivity index (χ1v) is 4.30. The van der Waals surface area contributed by atoms with Crippen molar-refractivity contribution in [2.24, 2.45) is 0 Å². The topological polar surface area (TPSA) is 63.6 Å². The van der Waals surface area contributed by atoms with Crippen molar-refractivity contribution in [1.82, 2.24) is 0 Å². The molecule has 0 aromatic carbocycles. The van der Waals surface area contributed by atoms with Gasteiger partial charge in [-0.05, 0) is 24.3 Å². The number of hydrogen-bond acceptors (Lipinski definition) is 4. The zero-order valence-electron chi connectivity index (χ0n) is 7.90. The van der Waals surface area contributed by atoms with E-state index in [1.165, 1.54) is 31.2 Å². The quantitative estimate of drug-likeness (QED) is 0.662. The molecule has 76 valence electrons. The number of ketones is 1. The smallest absolute Gasteiger partial charge is 0.302 e. The molecule has 0 fully saturated rings. The van der Waals surface area contributed by atoms with Gasteiger partial charge < -0.3 is 9.84 Å².